The monoisotopic (exact) mass is 331 g/mol. The van der Waals surface area contributed by atoms with Gasteiger partial charge in [-0.05, 0) is 32.1 Å². The van der Waals surface area contributed by atoms with Crippen LogP contribution >= 0.6 is 0 Å². The zero-order chi connectivity index (χ0) is 16.8. The van der Waals surface area contributed by atoms with Crippen LogP contribution in [-0.2, 0) is 0 Å². The van der Waals surface area contributed by atoms with E-state index in [4.69, 9.17) is 0 Å². The van der Waals surface area contributed by atoms with E-state index >= 15 is 0 Å². The number of hydrogen-bond acceptors (Lipinski definition) is 4. The molecule has 4 rings (SSSR count). The van der Waals surface area contributed by atoms with Gasteiger partial charge in [0, 0.05) is 26.7 Å². The third-order valence-corrected chi connectivity index (χ3v) is 5.22. The Balaban J connectivity index is 1.78. The van der Waals surface area contributed by atoms with E-state index in [-0.39, 0.29) is 29.4 Å². The van der Waals surface area contributed by atoms with Crippen LogP contribution in [-0.4, -0.2) is 58.4 Å². The Morgan fingerprint density at radius 3 is 2.58 bits per heavy atom. The minimum absolute atomic E-state index is 0.0320. The summed E-state index contributed by atoms with van der Waals surface area (Å²) >= 11 is 0. The average Bonchev–Trinajstić information content (AvgIpc) is 3.13. The molecule has 1 aromatic heterocycles. The third kappa shape index (κ3) is 2.20. The van der Waals surface area contributed by atoms with Crippen molar-refractivity contribution in [3.05, 3.63) is 21.7 Å². The molecular formula is C16H21N5O3. The highest BCUT2D eigenvalue weighted by molar-refractivity contribution is 5.95. The summed E-state index contributed by atoms with van der Waals surface area (Å²) in [6.45, 7) is 2.02. The number of fused-ring (bicyclic) bond motifs is 3. The first-order chi connectivity index (χ1) is 11.6. The maximum atomic E-state index is 12.7. The average molecular weight is 331 g/mol. The number of hydrogen-bond donors (Lipinski definition) is 1. The lowest BCUT2D eigenvalue weighted by Gasteiger charge is -2.42. The first-order valence-corrected chi connectivity index (χ1v) is 8.56. The number of nitrogens with zero attached hydrogens (tertiary/aromatic N) is 4. The minimum Gasteiger partial charge on any atom is -0.336 e. The van der Waals surface area contributed by atoms with E-state index in [0.717, 1.165) is 32.1 Å². The second-order valence-corrected chi connectivity index (χ2v) is 6.70. The van der Waals surface area contributed by atoms with Gasteiger partial charge in [-0.2, -0.15) is 0 Å². The van der Waals surface area contributed by atoms with E-state index in [1.807, 2.05) is 0 Å². The Hall–Kier alpha value is -2.38. The molecule has 3 aliphatic rings. The SMILES string of the molecule is CN1C(=O)N2CCCCC2c2c1nc(C(=O)N1CCCC1)[nH]c2=O. The standard InChI is InChI=1S/C16H21N5O3/c1-19-13-11(10-6-2-3-9-21(10)16(19)24)14(22)18-12(17-13)15(23)20-7-4-5-8-20/h10H,2-9H2,1H3,(H,17,18,22). The van der Waals surface area contributed by atoms with Gasteiger partial charge in [-0.3, -0.25) is 14.5 Å². The van der Waals surface area contributed by atoms with Crippen molar-refractivity contribution in [2.24, 2.45) is 0 Å². The lowest BCUT2D eigenvalue weighted by Crippen LogP contribution is -2.52. The van der Waals surface area contributed by atoms with Crippen molar-refractivity contribution in [1.29, 1.82) is 0 Å². The molecule has 0 bridgehead atoms. The first kappa shape index (κ1) is 15.2. The Bertz CT molecular complexity index is 753. The van der Waals surface area contributed by atoms with Gasteiger partial charge < -0.3 is 14.8 Å². The molecule has 24 heavy (non-hydrogen) atoms. The van der Waals surface area contributed by atoms with E-state index in [0.29, 0.717) is 31.0 Å². The van der Waals surface area contributed by atoms with Crippen LogP contribution in [0.3, 0.4) is 0 Å². The van der Waals surface area contributed by atoms with Crippen molar-refractivity contribution in [3.63, 3.8) is 0 Å². The molecule has 8 nitrogen and oxygen atoms in total. The molecule has 1 N–H and O–H groups in total. The van der Waals surface area contributed by atoms with Crippen LogP contribution in [0.2, 0.25) is 0 Å². The van der Waals surface area contributed by atoms with Gasteiger partial charge in [0.2, 0.25) is 5.82 Å². The Morgan fingerprint density at radius 1 is 1.12 bits per heavy atom. The summed E-state index contributed by atoms with van der Waals surface area (Å²) in [6, 6.07) is -0.380. The minimum atomic E-state index is -0.307. The number of anilines is 1. The van der Waals surface area contributed by atoms with Crippen molar-refractivity contribution in [3.8, 4) is 0 Å². The van der Waals surface area contributed by atoms with Gasteiger partial charge in [-0.15, -0.1) is 0 Å². The highest BCUT2D eigenvalue weighted by atomic mass is 16.2. The molecule has 3 aliphatic heterocycles. The predicted molar refractivity (Wildman–Crippen MR) is 87.1 cm³/mol. The molecular weight excluding hydrogens is 310 g/mol. The molecule has 3 amide bonds. The molecule has 2 saturated heterocycles. The second-order valence-electron chi connectivity index (χ2n) is 6.70. The van der Waals surface area contributed by atoms with Gasteiger partial charge in [-0.25, -0.2) is 9.78 Å². The van der Waals surface area contributed by atoms with Crippen LogP contribution in [0.5, 0.6) is 0 Å². The fraction of sp³-hybridized carbons (Fsp3) is 0.625. The first-order valence-electron chi connectivity index (χ1n) is 8.56. The zero-order valence-electron chi connectivity index (χ0n) is 13.7. The highest BCUT2D eigenvalue weighted by Crippen LogP contribution is 2.38. The lowest BCUT2D eigenvalue weighted by atomic mass is 9.94. The van der Waals surface area contributed by atoms with E-state index < -0.39 is 0 Å². The van der Waals surface area contributed by atoms with E-state index in [9.17, 15) is 14.4 Å². The molecule has 1 aromatic rings. The summed E-state index contributed by atoms with van der Waals surface area (Å²) in [7, 11) is 1.61. The molecule has 128 valence electrons. The van der Waals surface area contributed by atoms with E-state index in [2.05, 4.69) is 9.97 Å². The quantitative estimate of drug-likeness (QED) is 0.834. The van der Waals surface area contributed by atoms with Gasteiger partial charge in [0.25, 0.3) is 11.5 Å². The lowest BCUT2D eigenvalue weighted by molar-refractivity contribution is 0.0779. The number of rotatable bonds is 1. The van der Waals surface area contributed by atoms with Crippen molar-refractivity contribution in [1.82, 2.24) is 19.8 Å². The van der Waals surface area contributed by atoms with E-state index in [1.54, 1.807) is 16.8 Å². The van der Waals surface area contributed by atoms with Gasteiger partial charge >= 0.3 is 6.03 Å². The largest absolute Gasteiger partial charge is 0.336 e. The number of urea groups is 1. The van der Waals surface area contributed by atoms with Crippen LogP contribution < -0.4 is 10.5 Å². The smallest absolute Gasteiger partial charge is 0.325 e. The number of piperidine rings is 1. The van der Waals surface area contributed by atoms with Gasteiger partial charge in [0.1, 0.15) is 5.82 Å². The number of aromatic nitrogens is 2. The van der Waals surface area contributed by atoms with Crippen LogP contribution in [0.25, 0.3) is 0 Å². The molecule has 1 unspecified atom stereocenters. The molecule has 0 aliphatic carbocycles. The van der Waals surface area contributed by atoms with Crippen LogP contribution in [0.15, 0.2) is 4.79 Å². The summed E-state index contributed by atoms with van der Waals surface area (Å²) in [6.07, 6.45) is 4.62. The highest BCUT2D eigenvalue weighted by Gasteiger charge is 2.40. The molecule has 4 heterocycles. The fourth-order valence-electron chi connectivity index (χ4n) is 3.94. The van der Waals surface area contributed by atoms with Gasteiger partial charge in [0.15, 0.2) is 0 Å². The van der Waals surface area contributed by atoms with E-state index in [1.165, 1.54) is 4.90 Å². The summed E-state index contributed by atoms with van der Waals surface area (Å²) in [5, 5.41) is 0. The van der Waals surface area contributed by atoms with Gasteiger partial charge in [0.05, 0.1) is 11.6 Å². The molecule has 0 radical (unpaired) electrons. The number of amides is 3. The van der Waals surface area contributed by atoms with Crippen molar-refractivity contribution in [2.75, 3.05) is 31.6 Å². The number of carbonyl (C=O) groups is 2. The zero-order valence-corrected chi connectivity index (χ0v) is 13.7. The number of likely N-dealkylation sites (tertiary alicyclic amines) is 1. The van der Waals surface area contributed by atoms with Gasteiger partial charge in [-0.1, -0.05) is 0 Å². The van der Waals surface area contributed by atoms with Crippen molar-refractivity contribution < 1.29 is 9.59 Å². The Labute approximate surface area is 139 Å². The summed E-state index contributed by atoms with van der Waals surface area (Å²) in [5.74, 6) is 0.0957. The normalized spacial score (nSPS) is 23.3. The van der Waals surface area contributed by atoms with Crippen molar-refractivity contribution >= 4 is 17.8 Å². The van der Waals surface area contributed by atoms with Crippen LogP contribution in [0.4, 0.5) is 10.6 Å². The molecule has 0 spiro atoms. The third-order valence-electron chi connectivity index (χ3n) is 5.22. The Kier molecular flexibility index (Phi) is 3.54. The molecule has 0 aromatic carbocycles. The number of H-pyrrole nitrogens is 1. The Morgan fingerprint density at radius 2 is 1.83 bits per heavy atom. The molecule has 0 saturated carbocycles. The number of aromatic amines is 1. The summed E-state index contributed by atoms with van der Waals surface area (Å²) in [5.41, 5.74) is 0.202. The number of nitrogens with one attached hydrogen (secondary N) is 1. The molecule has 2 fully saturated rings. The predicted octanol–water partition coefficient (Wildman–Crippen LogP) is 1.10. The van der Waals surface area contributed by atoms with Crippen LogP contribution in [0.1, 0.15) is 54.3 Å². The number of carbonyl (C=O) groups excluding carboxylic acids is 2. The summed E-state index contributed by atoms with van der Waals surface area (Å²) in [4.78, 5) is 49.7. The van der Waals surface area contributed by atoms with Crippen molar-refractivity contribution in [2.45, 2.75) is 38.1 Å². The fourth-order valence-corrected chi connectivity index (χ4v) is 3.94. The maximum absolute atomic E-state index is 12.7. The molecule has 1 atom stereocenters. The topological polar surface area (TPSA) is 89.6 Å². The maximum Gasteiger partial charge on any atom is 0.325 e. The second kappa shape index (κ2) is 5.61. The summed E-state index contributed by atoms with van der Waals surface area (Å²) < 4.78 is 0. The molecule has 8 heteroatoms. The van der Waals surface area contributed by atoms with Crippen LogP contribution in [0, 0.1) is 0 Å².